The number of halogens is 1. The Balaban J connectivity index is 1.36. The maximum Gasteiger partial charge on any atom is 0.232 e. The minimum atomic E-state index is 0.256. The molecule has 6 nitrogen and oxygen atoms in total. The van der Waals surface area contributed by atoms with Gasteiger partial charge in [0.15, 0.2) is 17.3 Å². The van der Waals surface area contributed by atoms with Crippen molar-refractivity contribution in [3.8, 4) is 11.5 Å². The van der Waals surface area contributed by atoms with Gasteiger partial charge in [-0.2, -0.15) is 4.98 Å². The van der Waals surface area contributed by atoms with E-state index in [4.69, 9.17) is 18.7 Å². The zero-order chi connectivity index (χ0) is 16.1. The highest BCUT2D eigenvalue weighted by Crippen LogP contribution is 2.44. The molecule has 0 N–H and O–H groups in total. The molecular formula is C17H17BrN2O4. The van der Waals surface area contributed by atoms with Gasteiger partial charge in [0.25, 0.3) is 0 Å². The van der Waals surface area contributed by atoms with E-state index in [2.05, 4.69) is 26.1 Å². The van der Waals surface area contributed by atoms with Crippen LogP contribution in [-0.4, -0.2) is 35.6 Å². The molecule has 1 aromatic heterocycles. The molecule has 3 atom stereocenters. The van der Waals surface area contributed by atoms with Crippen molar-refractivity contribution in [1.29, 1.82) is 0 Å². The first-order valence-corrected chi connectivity index (χ1v) is 9.11. The van der Waals surface area contributed by atoms with Gasteiger partial charge in [0, 0.05) is 6.42 Å². The van der Waals surface area contributed by atoms with Crippen molar-refractivity contribution in [3.05, 3.63) is 33.9 Å². The van der Waals surface area contributed by atoms with Gasteiger partial charge >= 0.3 is 0 Å². The van der Waals surface area contributed by atoms with Crippen molar-refractivity contribution >= 4 is 15.9 Å². The Kier molecular flexibility index (Phi) is 3.52. The van der Waals surface area contributed by atoms with E-state index in [1.807, 2.05) is 12.1 Å². The van der Waals surface area contributed by atoms with Crippen LogP contribution in [0.5, 0.6) is 11.5 Å². The Morgan fingerprint density at radius 3 is 2.92 bits per heavy atom. The summed E-state index contributed by atoms with van der Waals surface area (Å²) in [6.07, 6.45) is 4.49. The van der Waals surface area contributed by atoms with E-state index in [9.17, 15) is 0 Å². The molecule has 2 bridgehead atoms. The number of hydrogen-bond acceptors (Lipinski definition) is 6. The van der Waals surface area contributed by atoms with Gasteiger partial charge < -0.3 is 18.7 Å². The predicted octanol–water partition coefficient (Wildman–Crippen LogP) is 3.23. The Bertz CT molecular complexity index is 778. The molecule has 2 saturated heterocycles. The Morgan fingerprint density at radius 1 is 1.17 bits per heavy atom. The summed E-state index contributed by atoms with van der Waals surface area (Å²) in [5.74, 6) is 3.19. The second-order valence-corrected chi connectivity index (χ2v) is 7.40. The number of aromatic nitrogens is 2. The second kappa shape index (κ2) is 5.74. The molecule has 2 fully saturated rings. The average Bonchev–Trinajstić information content (AvgIpc) is 3.31. The fourth-order valence-corrected chi connectivity index (χ4v) is 4.44. The van der Waals surface area contributed by atoms with Gasteiger partial charge in [-0.1, -0.05) is 5.16 Å². The fourth-order valence-electron chi connectivity index (χ4n) is 3.84. The fraction of sp³-hybridized carbons (Fsp3) is 0.529. The molecule has 5 rings (SSSR count). The molecule has 0 saturated carbocycles. The highest BCUT2D eigenvalue weighted by atomic mass is 79.9. The van der Waals surface area contributed by atoms with E-state index in [-0.39, 0.29) is 12.0 Å². The molecule has 24 heavy (non-hydrogen) atoms. The van der Waals surface area contributed by atoms with Crippen molar-refractivity contribution in [2.75, 3.05) is 13.2 Å². The number of ether oxygens (including phenoxy) is 3. The van der Waals surface area contributed by atoms with E-state index < -0.39 is 0 Å². The van der Waals surface area contributed by atoms with E-state index in [0.717, 1.165) is 40.8 Å². The third-order valence-electron chi connectivity index (χ3n) is 4.93. The molecule has 1 aromatic carbocycles. The number of benzene rings is 1. The van der Waals surface area contributed by atoms with Gasteiger partial charge in [-0.25, -0.2) is 0 Å². The highest BCUT2D eigenvalue weighted by Gasteiger charge is 2.44. The summed E-state index contributed by atoms with van der Waals surface area (Å²) in [6.45, 7) is 1.14. The number of rotatable bonds is 3. The van der Waals surface area contributed by atoms with Crippen LogP contribution in [0.25, 0.3) is 0 Å². The van der Waals surface area contributed by atoms with Gasteiger partial charge in [0.1, 0.15) is 13.2 Å². The van der Waals surface area contributed by atoms with Crippen LogP contribution < -0.4 is 9.47 Å². The first-order valence-electron chi connectivity index (χ1n) is 8.32. The molecule has 0 amide bonds. The number of nitrogens with zero attached hydrogens (tertiary/aromatic N) is 2. The van der Waals surface area contributed by atoms with Crippen molar-refractivity contribution in [2.45, 2.75) is 43.8 Å². The van der Waals surface area contributed by atoms with Crippen LogP contribution in [-0.2, 0) is 11.2 Å². The molecule has 2 aromatic rings. The van der Waals surface area contributed by atoms with Crippen LogP contribution in [0, 0.1) is 0 Å². The van der Waals surface area contributed by atoms with Crippen LogP contribution in [0.15, 0.2) is 21.1 Å². The summed E-state index contributed by atoms with van der Waals surface area (Å²) in [5.41, 5.74) is 1.06. The smallest absolute Gasteiger partial charge is 0.232 e. The lowest BCUT2D eigenvalue weighted by Crippen LogP contribution is -2.16. The van der Waals surface area contributed by atoms with Gasteiger partial charge in [-0.15, -0.1) is 0 Å². The highest BCUT2D eigenvalue weighted by molar-refractivity contribution is 9.10. The maximum atomic E-state index is 5.88. The van der Waals surface area contributed by atoms with Crippen molar-refractivity contribution in [2.24, 2.45) is 0 Å². The zero-order valence-corrected chi connectivity index (χ0v) is 14.6. The van der Waals surface area contributed by atoms with E-state index in [1.54, 1.807) is 0 Å². The van der Waals surface area contributed by atoms with E-state index in [1.165, 1.54) is 0 Å². The summed E-state index contributed by atoms with van der Waals surface area (Å²) < 4.78 is 23.6. The molecular weight excluding hydrogens is 376 g/mol. The van der Waals surface area contributed by atoms with Crippen molar-refractivity contribution in [3.63, 3.8) is 0 Å². The SMILES string of the molecule is Brc1cc(Cc2noc([C@@H]3C[C@H]4CC[C@@H]3O4)n2)cc2c1OCCO2. The second-order valence-electron chi connectivity index (χ2n) is 6.54. The normalized spacial score (nSPS) is 27.6. The summed E-state index contributed by atoms with van der Waals surface area (Å²) in [7, 11) is 0. The Hall–Kier alpha value is -1.60. The molecule has 4 heterocycles. The largest absolute Gasteiger partial charge is 0.486 e. The van der Waals surface area contributed by atoms with Gasteiger partial charge in [-0.05, 0) is 52.9 Å². The number of fused-ring (bicyclic) bond motifs is 3. The molecule has 0 aliphatic carbocycles. The van der Waals surface area contributed by atoms with Crippen LogP contribution in [0.3, 0.4) is 0 Å². The minimum Gasteiger partial charge on any atom is -0.486 e. The molecule has 3 aliphatic heterocycles. The van der Waals surface area contributed by atoms with Crippen LogP contribution in [0.1, 0.15) is 42.5 Å². The minimum absolute atomic E-state index is 0.256. The maximum absolute atomic E-state index is 5.88. The van der Waals surface area contributed by atoms with Crippen LogP contribution in [0.4, 0.5) is 0 Å². The first kappa shape index (κ1) is 14.7. The first-order chi connectivity index (χ1) is 11.8. The lowest BCUT2D eigenvalue weighted by molar-refractivity contribution is 0.0974. The summed E-state index contributed by atoms with van der Waals surface area (Å²) in [5, 5.41) is 4.15. The van der Waals surface area contributed by atoms with Gasteiger partial charge in [-0.3, -0.25) is 0 Å². The molecule has 7 heteroatoms. The third-order valence-corrected chi connectivity index (χ3v) is 5.51. The van der Waals surface area contributed by atoms with Crippen LogP contribution >= 0.6 is 15.9 Å². The van der Waals surface area contributed by atoms with E-state index in [0.29, 0.717) is 37.5 Å². The van der Waals surface area contributed by atoms with Crippen LogP contribution in [0.2, 0.25) is 0 Å². The summed E-state index contributed by atoms with van der Waals surface area (Å²) in [4.78, 5) is 4.60. The lowest BCUT2D eigenvalue weighted by atomic mass is 9.89. The predicted molar refractivity (Wildman–Crippen MR) is 87.5 cm³/mol. The Morgan fingerprint density at radius 2 is 2.08 bits per heavy atom. The summed E-state index contributed by atoms with van der Waals surface area (Å²) >= 11 is 3.54. The number of hydrogen-bond donors (Lipinski definition) is 0. The molecule has 126 valence electrons. The topological polar surface area (TPSA) is 66.6 Å². The molecule has 3 aliphatic rings. The van der Waals surface area contributed by atoms with Crippen molar-refractivity contribution < 1.29 is 18.7 Å². The molecule has 0 unspecified atom stereocenters. The van der Waals surface area contributed by atoms with Crippen molar-refractivity contribution in [1.82, 2.24) is 10.1 Å². The average molecular weight is 393 g/mol. The quantitative estimate of drug-likeness (QED) is 0.798. The molecule has 0 spiro atoms. The Labute approximate surface area is 147 Å². The van der Waals surface area contributed by atoms with E-state index >= 15 is 0 Å². The standard InChI is InChI=1S/C17H17BrN2O4/c18-12-5-9(6-14-16(12)22-4-3-21-14)7-15-19-17(24-20-15)11-8-10-1-2-13(11)23-10/h5-6,10-11,13H,1-4,7-8H2/t10-,11-,13+/m1/s1. The van der Waals surface area contributed by atoms with Gasteiger partial charge in [0.2, 0.25) is 5.89 Å². The van der Waals surface area contributed by atoms with Gasteiger partial charge in [0.05, 0.1) is 22.6 Å². The lowest BCUT2D eigenvalue weighted by Gasteiger charge is -2.20. The monoisotopic (exact) mass is 392 g/mol. The zero-order valence-electron chi connectivity index (χ0n) is 13.0. The molecule has 0 radical (unpaired) electrons. The summed E-state index contributed by atoms with van der Waals surface area (Å²) in [6, 6.07) is 4.00. The third kappa shape index (κ3) is 2.50.